The maximum atomic E-state index is 12.9. The van der Waals surface area contributed by atoms with Crippen LogP contribution in [0.1, 0.15) is 56.1 Å². The van der Waals surface area contributed by atoms with Gasteiger partial charge in [-0.3, -0.25) is 9.69 Å². The molecule has 0 amide bonds. The number of hydrogen-bond donors (Lipinski definition) is 0. The van der Waals surface area contributed by atoms with E-state index in [1.165, 1.54) is 0 Å². The van der Waals surface area contributed by atoms with Crippen molar-refractivity contribution in [1.29, 1.82) is 0 Å². The number of carbonyl (C=O) groups excluding carboxylic acids is 1. The molecule has 0 heterocycles. The molecule has 0 N–H and O–H groups in total. The SMILES string of the molecule is Cc1ccc(C)c(C(=O)C(C)N(CC(C)C)CC(C)C)c1. The Morgan fingerprint density at radius 3 is 2.00 bits per heavy atom. The average Bonchev–Trinajstić information content (AvgIpc) is 2.38. The Balaban J connectivity index is 2.98. The quantitative estimate of drug-likeness (QED) is 0.689. The maximum Gasteiger partial charge on any atom is 0.179 e. The molecular weight excluding hydrogens is 258 g/mol. The van der Waals surface area contributed by atoms with Crippen LogP contribution < -0.4 is 0 Å². The van der Waals surface area contributed by atoms with Gasteiger partial charge < -0.3 is 0 Å². The lowest BCUT2D eigenvalue weighted by Crippen LogP contribution is -2.43. The Bertz CT molecular complexity index is 466. The molecule has 0 aliphatic heterocycles. The van der Waals surface area contributed by atoms with Crippen molar-refractivity contribution >= 4 is 5.78 Å². The molecule has 0 fully saturated rings. The number of aryl methyl sites for hydroxylation is 2. The minimum absolute atomic E-state index is 0.0599. The van der Waals surface area contributed by atoms with Crippen molar-refractivity contribution in [1.82, 2.24) is 4.90 Å². The van der Waals surface area contributed by atoms with Crippen LogP contribution in [-0.4, -0.2) is 29.8 Å². The van der Waals surface area contributed by atoms with Crippen LogP contribution >= 0.6 is 0 Å². The molecule has 0 saturated carbocycles. The van der Waals surface area contributed by atoms with E-state index in [9.17, 15) is 4.79 Å². The predicted octanol–water partition coefficient (Wildman–Crippen LogP) is 4.49. The fourth-order valence-electron chi connectivity index (χ4n) is 2.72. The topological polar surface area (TPSA) is 20.3 Å². The lowest BCUT2D eigenvalue weighted by atomic mass is 9.96. The van der Waals surface area contributed by atoms with Gasteiger partial charge in [-0.25, -0.2) is 0 Å². The number of benzene rings is 1. The second kappa shape index (κ2) is 7.74. The van der Waals surface area contributed by atoms with Gasteiger partial charge in [0.05, 0.1) is 6.04 Å². The molecule has 118 valence electrons. The first-order valence-electron chi connectivity index (χ1n) is 8.07. The summed E-state index contributed by atoms with van der Waals surface area (Å²) < 4.78 is 0. The largest absolute Gasteiger partial charge is 0.293 e. The molecule has 0 aromatic heterocycles. The molecule has 0 saturated heterocycles. The van der Waals surface area contributed by atoms with Crippen LogP contribution in [0.15, 0.2) is 18.2 Å². The van der Waals surface area contributed by atoms with Crippen molar-refractivity contribution in [2.24, 2.45) is 11.8 Å². The molecule has 21 heavy (non-hydrogen) atoms. The lowest BCUT2D eigenvalue weighted by Gasteiger charge is -2.31. The van der Waals surface area contributed by atoms with Gasteiger partial charge in [-0.05, 0) is 44.2 Å². The molecular formula is C19H31NO. The highest BCUT2D eigenvalue weighted by atomic mass is 16.1. The first kappa shape index (κ1) is 17.9. The molecule has 1 aromatic carbocycles. The maximum absolute atomic E-state index is 12.9. The normalized spacial score (nSPS) is 13.2. The van der Waals surface area contributed by atoms with E-state index >= 15 is 0 Å². The summed E-state index contributed by atoms with van der Waals surface area (Å²) in [4.78, 5) is 15.2. The highest BCUT2D eigenvalue weighted by molar-refractivity contribution is 6.01. The first-order chi connectivity index (χ1) is 9.72. The Morgan fingerprint density at radius 1 is 1.00 bits per heavy atom. The third-order valence-electron chi connectivity index (χ3n) is 3.79. The molecule has 0 aliphatic carbocycles. The minimum atomic E-state index is -0.0599. The van der Waals surface area contributed by atoms with Crippen LogP contribution in [0.3, 0.4) is 0 Å². The van der Waals surface area contributed by atoms with Gasteiger partial charge in [0.25, 0.3) is 0 Å². The molecule has 1 aromatic rings. The number of Topliss-reactive ketones (excluding diaryl/α,β-unsaturated/α-hetero) is 1. The standard InChI is InChI=1S/C19H31NO/c1-13(2)11-20(12-14(3)4)17(7)19(21)18-10-15(5)8-9-16(18)6/h8-10,13-14,17H,11-12H2,1-7H3. The van der Waals surface area contributed by atoms with Crippen LogP contribution in [0.25, 0.3) is 0 Å². The van der Waals surface area contributed by atoms with E-state index in [1.54, 1.807) is 0 Å². The Kier molecular flexibility index (Phi) is 6.60. The van der Waals surface area contributed by atoms with E-state index in [0.29, 0.717) is 11.8 Å². The summed E-state index contributed by atoms with van der Waals surface area (Å²) in [5.74, 6) is 1.38. The van der Waals surface area contributed by atoms with E-state index in [0.717, 1.165) is 29.8 Å². The smallest absolute Gasteiger partial charge is 0.179 e. The summed E-state index contributed by atoms with van der Waals surface area (Å²) in [5.41, 5.74) is 3.10. The zero-order valence-corrected chi connectivity index (χ0v) is 14.7. The predicted molar refractivity (Wildman–Crippen MR) is 91.0 cm³/mol. The zero-order chi connectivity index (χ0) is 16.2. The summed E-state index contributed by atoms with van der Waals surface area (Å²) in [6.07, 6.45) is 0. The summed E-state index contributed by atoms with van der Waals surface area (Å²) >= 11 is 0. The lowest BCUT2D eigenvalue weighted by molar-refractivity contribution is 0.0801. The summed E-state index contributed by atoms with van der Waals surface area (Å²) in [6.45, 7) is 16.9. The van der Waals surface area contributed by atoms with E-state index in [4.69, 9.17) is 0 Å². The van der Waals surface area contributed by atoms with Gasteiger partial charge in [-0.15, -0.1) is 0 Å². The molecule has 0 radical (unpaired) electrons. The van der Waals surface area contributed by atoms with Gasteiger partial charge in [0.2, 0.25) is 0 Å². The summed E-state index contributed by atoms with van der Waals surface area (Å²) in [7, 11) is 0. The van der Waals surface area contributed by atoms with Crippen LogP contribution in [0.4, 0.5) is 0 Å². The van der Waals surface area contributed by atoms with E-state index in [-0.39, 0.29) is 11.8 Å². The first-order valence-corrected chi connectivity index (χ1v) is 8.07. The van der Waals surface area contributed by atoms with Gasteiger partial charge in [0.15, 0.2) is 5.78 Å². The van der Waals surface area contributed by atoms with Gasteiger partial charge >= 0.3 is 0 Å². The van der Waals surface area contributed by atoms with Crippen molar-refractivity contribution in [2.75, 3.05) is 13.1 Å². The zero-order valence-electron chi connectivity index (χ0n) is 14.7. The van der Waals surface area contributed by atoms with Crippen molar-refractivity contribution in [3.63, 3.8) is 0 Å². The van der Waals surface area contributed by atoms with Crippen LogP contribution in [-0.2, 0) is 0 Å². The van der Waals surface area contributed by atoms with Crippen molar-refractivity contribution in [3.8, 4) is 0 Å². The number of carbonyl (C=O) groups is 1. The third kappa shape index (κ3) is 5.28. The van der Waals surface area contributed by atoms with E-state index in [2.05, 4.69) is 45.6 Å². The molecule has 0 aliphatic rings. The van der Waals surface area contributed by atoms with E-state index in [1.807, 2.05) is 26.0 Å². The highest BCUT2D eigenvalue weighted by Gasteiger charge is 2.24. The monoisotopic (exact) mass is 289 g/mol. The summed E-state index contributed by atoms with van der Waals surface area (Å²) in [6, 6.07) is 6.08. The third-order valence-corrected chi connectivity index (χ3v) is 3.79. The number of nitrogens with zero attached hydrogens (tertiary/aromatic N) is 1. The van der Waals surface area contributed by atoms with Gasteiger partial charge in [-0.1, -0.05) is 45.4 Å². The summed E-state index contributed by atoms with van der Waals surface area (Å²) in [5, 5.41) is 0. The molecule has 1 unspecified atom stereocenters. The number of rotatable bonds is 7. The fourth-order valence-corrected chi connectivity index (χ4v) is 2.72. The Hall–Kier alpha value is -1.15. The van der Waals surface area contributed by atoms with Crippen molar-refractivity contribution < 1.29 is 4.79 Å². The van der Waals surface area contributed by atoms with Crippen LogP contribution in [0.2, 0.25) is 0 Å². The minimum Gasteiger partial charge on any atom is -0.293 e. The van der Waals surface area contributed by atoms with Gasteiger partial charge in [-0.2, -0.15) is 0 Å². The molecule has 0 bridgehead atoms. The molecule has 1 atom stereocenters. The molecule has 0 spiro atoms. The molecule has 2 heteroatoms. The number of hydrogen-bond acceptors (Lipinski definition) is 2. The van der Waals surface area contributed by atoms with Crippen molar-refractivity contribution in [2.45, 2.75) is 54.5 Å². The Labute approximate surface area is 130 Å². The molecule has 2 nitrogen and oxygen atoms in total. The molecule has 1 rings (SSSR count). The fraction of sp³-hybridized carbons (Fsp3) is 0.632. The highest BCUT2D eigenvalue weighted by Crippen LogP contribution is 2.17. The van der Waals surface area contributed by atoms with E-state index < -0.39 is 0 Å². The van der Waals surface area contributed by atoms with Crippen molar-refractivity contribution in [3.05, 3.63) is 34.9 Å². The second-order valence-electron chi connectivity index (χ2n) is 7.10. The average molecular weight is 289 g/mol. The van der Waals surface area contributed by atoms with Crippen LogP contribution in [0, 0.1) is 25.7 Å². The van der Waals surface area contributed by atoms with Gasteiger partial charge in [0.1, 0.15) is 0 Å². The second-order valence-corrected chi connectivity index (χ2v) is 7.10. The number of ketones is 1. The van der Waals surface area contributed by atoms with Crippen LogP contribution in [0.5, 0.6) is 0 Å². The Morgan fingerprint density at radius 2 is 1.52 bits per heavy atom. The van der Waals surface area contributed by atoms with Gasteiger partial charge in [0, 0.05) is 18.7 Å².